The minimum absolute atomic E-state index is 0.0948. The molecule has 1 aromatic heterocycles. The third-order valence-electron chi connectivity index (χ3n) is 2.46. The van der Waals surface area contributed by atoms with E-state index in [-0.39, 0.29) is 6.04 Å². The summed E-state index contributed by atoms with van der Waals surface area (Å²) >= 11 is 0. The summed E-state index contributed by atoms with van der Waals surface area (Å²) in [5.74, 6) is 0. The number of hydrogen-bond donors (Lipinski definition) is 1. The van der Waals surface area contributed by atoms with Gasteiger partial charge in [0.05, 0.1) is 0 Å². The molecule has 2 aromatic rings. The summed E-state index contributed by atoms with van der Waals surface area (Å²) in [6.45, 7) is 2.01. The molecule has 0 aliphatic heterocycles. The standard InChI is InChI=1S/C11H14N2/c1-8(12)11-7-9-5-3-4-6-10(9)13(11)2/h3-8H,12H2,1-2H3. The molecule has 0 amide bonds. The molecule has 0 saturated heterocycles. The van der Waals surface area contributed by atoms with E-state index in [9.17, 15) is 0 Å². The summed E-state index contributed by atoms with van der Waals surface area (Å²) in [7, 11) is 2.06. The van der Waals surface area contributed by atoms with Crippen LogP contribution in [0.25, 0.3) is 10.9 Å². The van der Waals surface area contributed by atoms with Gasteiger partial charge in [-0.15, -0.1) is 0 Å². The lowest BCUT2D eigenvalue weighted by atomic mass is 10.2. The number of nitrogens with two attached hydrogens (primary N) is 1. The molecule has 0 aliphatic carbocycles. The predicted molar refractivity (Wildman–Crippen MR) is 55.5 cm³/mol. The summed E-state index contributed by atoms with van der Waals surface area (Å²) in [6, 6.07) is 10.6. The number of rotatable bonds is 1. The van der Waals surface area contributed by atoms with Crippen molar-refractivity contribution in [1.29, 1.82) is 0 Å². The van der Waals surface area contributed by atoms with Crippen LogP contribution in [-0.2, 0) is 7.05 Å². The van der Waals surface area contributed by atoms with E-state index >= 15 is 0 Å². The summed E-state index contributed by atoms with van der Waals surface area (Å²) in [4.78, 5) is 0. The number of benzene rings is 1. The topological polar surface area (TPSA) is 30.9 Å². The Hall–Kier alpha value is -1.28. The molecular formula is C11H14N2. The van der Waals surface area contributed by atoms with Crippen molar-refractivity contribution in [1.82, 2.24) is 4.57 Å². The van der Waals surface area contributed by atoms with E-state index in [0.717, 1.165) is 0 Å². The predicted octanol–water partition coefficient (Wildman–Crippen LogP) is 2.20. The Kier molecular flexibility index (Phi) is 1.85. The molecule has 0 bridgehead atoms. The maximum absolute atomic E-state index is 5.86. The van der Waals surface area contributed by atoms with Gasteiger partial charge in [-0.3, -0.25) is 0 Å². The zero-order valence-electron chi connectivity index (χ0n) is 7.99. The molecule has 1 aromatic carbocycles. The maximum Gasteiger partial charge on any atom is 0.0480 e. The smallest absolute Gasteiger partial charge is 0.0480 e. The molecular weight excluding hydrogens is 160 g/mol. The van der Waals surface area contributed by atoms with Gasteiger partial charge in [-0.2, -0.15) is 0 Å². The van der Waals surface area contributed by atoms with E-state index in [1.54, 1.807) is 0 Å². The molecule has 0 aliphatic rings. The van der Waals surface area contributed by atoms with Gasteiger partial charge in [-0.05, 0) is 24.4 Å². The lowest BCUT2D eigenvalue weighted by molar-refractivity contribution is 0.726. The number of hydrogen-bond acceptors (Lipinski definition) is 1. The summed E-state index contributed by atoms with van der Waals surface area (Å²) < 4.78 is 2.15. The van der Waals surface area contributed by atoms with Crippen molar-refractivity contribution in [3.05, 3.63) is 36.0 Å². The van der Waals surface area contributed by atoms with Crippen molar-refractivity contribution < 1.29 is 0 Å². The molecule has 1 atom stereocenters. The maximum atomic E-state index is 5.86. The van der Waals surface area contributed by atoms with E-state index in [2.05, 4.69) is 29.8 Å². The summed E-state index contributed by atoms with van der Waals surface area (Å²) in [6.07, 6.45) is 0. The second-order valence-electron chi connectivity index (χ2n) is 3.48. The second-order valence-corrected chi connectivity index (χ2v) is 3.48. The highest BCUT2D eigenvalue weighted by Gasteiger charge is 2.07. The molecule has 13 heavy (non-hydrogen) atoms. The van der Waals surface area contributed by atoms with Crippen LogP contribution >= 0.6 is 0 Å². The monoisotopic (exact) mass is 174 g/mol. The van der Waals surface area contributed by atoms with Crippen LogP contribution in [0.5, 0.6) is 0 Å². The highest BCUT2D eigenvalue weighted by molar-refractivity contribution is 5.81. The Labute approximate surface area is 78.0 Å². The van der Waals surface area contributed by atoms with E-state index in [1.807, 2.05) is 19.1 Å². The van der Waals surface area contributed by atoms with Crippen molar-refractivity contribution in [3.63, 3.8) is 0 Å². The summed E-state index contributed by atoms with van der Waals surface area (Å²) in [5.41, 5.74) is 8.28. The average molecular weight is 174 g/mol. The number of aryl methyl sites for hydroxylation is 1. The Morgan fingerprint density at radius 1 is 1.31 bits per heavy atom. The van der Waals surface area contributed by atoms with Crippen molar-refractivity contribution >= 4 is 10.9 Å². The molecule has 1 heterocycles. The van der Waals surface area contributed by atoms with Crippen molar-refractivity contribution in [2.75, 3.05) is 0 Å². The van der Waals surface area contributed by atoms with Crippen LogP contribution < -0.4 is 5.73 Å². The molecule has 2 N–H and O–H groups in total. The Bertz CT molecular complexity index is 427. The number of fused-ring (bicyclic) bond motifs is 1. The van der Waals surface area contributed by atoms with Crippen molar-refractivity contribution in [2.45, 2.75) is 13.0 Å². The molecule has 0 spiro atoms. The normalized spacial score (nSPS) is 13.5. The van der Waals surface area contributed by atoms with Gasteiger partial charge in [0.15, 0.2) is 0 Å². The first kappa shape index (κ1) is 8.32. The lowest BCUT2D eigenvalue weighted by Crippen LogP contribution is -2.09. The lowest BCUT2D eigenvalue weighted by Gasteiger charge is -2.06. The second kappa shape index (κ2) is 2.89. The van der Waals surface area contributed by atoms with Gasteiger partial charge in [-0.25, -0.2) is 0 Å². The zero-order chi connectivity index (χ0) is 9.42. The van der Waals surface area contributed by atoms with Crippen LogP contribution in [0.1, 0.15) is 18.7 Å². The Morgan fingerprint density at radius 2 is 2.00 bits per heavy atom. The minimum atomic E-state index is 0.0948. The molecule has 0 fully saturated rings. The average Bonchev–Trinajstić information content (AvgIpc) is 2.45. The first-order valence-electron chi connectivity index (χ1n) is 4.50. The van der Waals surface area contributed by atoms with Gasteiger partial charge in [0.1, 0.15) is 0 Å². The summed E-state index contributed by atoms with van der Waals surface area (Å²) in [5, 5.41) is 1.26. The number of para-hydroxylation sites is 1. The van der Waals surface area contributed by atoms with Crippen molar-refractivity contribution in [2.24, 2.45) is 12.8 Å². The minimum Gasteiger partial charge on any atom is -0.346 e. The van der Waals surface area contributed by atoms with Crippen LogP contribution in [0, 0.1) is 0 Å². The van der Waals surface area contributed by atoms with E-state index < -0.39 is 0 Å². The van der Waals surface area contributed by atoms with E-state index in [0.29, 0.717) is 0 Å². The molecule has 2 heteroatoms. The highest BCUT2D eigenvalue weighted by Crippen LogP contribution is 2.21. The largest absolute Gasteiger partial charge is 0.346 e. The third-order valence-corrected chi connectivity index (χ3v) is 2.46. The zero-order valence-corrected chi connectivity index (χ0v) is 7.99. The molecule has 1 unspecified atom stereocenters. The first-order chi connectivity index (χ1) is 6.20. The van der Waals surface area contributed by atoms with Crippen LogP contribution in [-0.4, -0.2) is 4.57 Å². The van der Waals surface area contributed by atoms with Gasteiger partial charge in [-0.1, -0.05) is 18.2 Å². The van der Waals surface area contributed by atoms with Crippen molar-refractivity contribution in [3.8, 4) is 0 Å². The third kappa shape index (κ3) is 1.23. The molecule has 68 valence electrons. The fourth-order valence-electron chi connectivity index (χ4n) is 1.75. The highest BCUT2D eigenvalue weighted by atomic mass is 15.0. The molecule has 0 saturated carbocycles. The van der Waals surface area contributed by atoms with Crippen LogP contribution in [0.2, 0.25) is 0 Å². The Balaban J connectivity index is 2.74. The molecule has 2 nitrogen and oxygen atoms in total. The molecule has 2 rings (SSSR count). The van der Waals surface area contributed by atoms with Crippen LogP contribution in [0.4, 0.5) is 0 Å². The Morgan fingerprint density at radius 3 is 2.62 bits per heavy atom. The van der Waals surface area contributed by atoms with Gasteiger partial charge in [0.25, 0.3) is 0 Å². The first-order valence-corrected chi connectivity index (χ1v) is 4.50. The fraction of sp³-hybridized carbons (Fsp3) is 0.273. The van der Waals surface area contributed by atoms with E-state index in [1.165, 1.54) is 16.6 Å². The quantitative estimate of drug-likeness (QED) is 0.706. The van der Waals surface area contributed by atoms with E-state index in [4.69, 9.17) is 5.73 Å². The van der Waals surface area contributed by atoms with Crippen LogP contribution in [0.3, 0.4) is 0 Å². The fourth-order valence-corrected chi connectivity index (χ4v) is 1.75. The van der Waals surface area contributed by atoms with Gasteiger partial charge in [0, 0.05) is 24.3 Å². The number of nitrogens with zero attached hydrogens (tertiary/aromatic N) is 1. The number of aromatic nitrogens is 1. The SMILES string of the molecule is CC(N)c1cc2ccccc2n1C. The van der Waals surface area contributed by atoms with Gasteiger partial charge < -0.3 is 10.3 Å². The van der Waals surface area contributed by atoms with Gasteiger partial charge in [0.2, 0.25) is 0 Å². The molecule has 0 radical (unpaired) electrons. The van der Waals surface area contributed by atoms with Crippen LogP contribution in [0.15, 0.2) is 30.3 Å². The van der Waals surface area contributed by atoms with Gasteiger partial charge >= 0.3 is 0 Å².